The highest BCUT2D eigenvalue weighted by Crippen LogP contribution is 2.21. The van der Waals surface area contributed by atoms with Crippen LogP contribution in [-0.4, -0.2) is 56.9 Å². The van der Waals surface area contributed by atoms with E-state index in [1.165, 1.54) is 19.1 Å². The van der Waals surface area contributed by atoms with Gasteiger partial charge in [-0.3, -0.25) is 9.59 Å². The minimum Gasteiger partial charge on any atom is -0.368 e. The summed E-state index contributed by atoms with van der Waals surface area (Å²) >= 11 is 0. The van der Waals surface area contributed by atoms with Gasteiger partial charge < -0.3 is 9.80 Å². The number of carbonyl (C=O) groups excluding carboxylic acids is 2. The molecule has 0 saturated carbocycles. The quantitative estimate of drug-likeness (QED) is 0.693. The van der Waals surface area contributed by atoms with Gasteiger partial charge in [0.2, 0.25) is 9.84 Å². The molecule has 1 fully saturated rings. The molecule has 6 nitrogen and oxygen atoms in total. The van der Waals surface area contributed by atoms with E-state index >= 15 is 0 Å². The highest BCUT2D eigenvalue weighted by molar-refractivity contribution is 7.91. The Labute approximate surface area is 167 Å². The molecule has 0 aliphatic carbocycles. The van der Waals surface area contributed by atoms with Crippen molar-refractivity contribution in [1.82, 2.24) is 4.90 Å². The number of amides is 1. The molecular weight excluding hydrogens is 402 g/mol. The van der Waals surface area contributed by atoms with Crippen molar-refractivity contribution in [3.63, 3.8) is 0 Å². The summed E-state index contributed by atoms with van der Waals surface area (Å²) in [4.78, 5) is 27.2. The zero-order chi connectivity index (χ0) is 21.2. The average Bonchev–Trinajstić information content (AvgIpc) is 2.73. The number of hydrogen-bond donors (Lipinski definition) is 0. The molecule has 9 heteroatoms. The number of halogens is 2. The standard InChI is InChI=1S/C20H20F2N2O4S/c1-14(25)15-2-6-17(7-3-15)23-10-12-24(13-11-23)19(26)16-4-8-18(9-5-16)29(27,28)20(21)22/h2-9,20H,10-13H2,1H3. The second-order valence-electron chi connectivity index (χ2n) is 6.71. The van der Waals surface area contributed by atoms with Crippen molar-refractivity contribution >= 4 is 27.2 Å². The van der Waals surface area contributed by atoms with Gasteiger partial charge in [-0.1, -0.05) is 0 Å². The molecule has 0 aromatic heterocycles. The smallest absolute Gasteiger partial charge is 0.341 e. The van der Waals surface area contributed by atoms with Gasteiger partial charge >= 0.3 is 5.76 Å². The van der Waals surface area contributed by atoms with E-state index in [9.17, 15) is 26.8 Å². The number of benzene rings is 2. The number of piperazine rings is 1. The van der Waals surface area contributed by atoms with Crippen LogP contribution in [0, 0.1) is 0 Å². The van der Waals surface area contributed by atoms with Gasteiger partial charge in [-0.25, -0.2) is 8.42 Å². The maximum absolute atomic E-state index is 12.6. The largest absolute Gasteiger partial charge is 0.368 e. The van der Waals surface area contributed by atoms with Gasteiger partial charge in [0.15, 0.2) is 5.78 Å². The highest BCUT2D eigenvalue weighted by Gasteiger charge is 2.27. The fraction of sp³-hybridized carbons (Fsp3) is 0.300. The summed E-state index contributed by atoms with van der Waals surface area (Å²) in [6.07, 6.45) is 0. The second-order valence-corrected chi connectivity index (χ2v) is 8.63. The normalized spacial score (nSPS) is 14.9. The third kappa shape index (κ3) is 4.45. The zero-order valence-electron chi connectivity index (χ0n) is 15.7. The first kappa shape index (κ1) is 20.9. The van der Waals surface area contributed by atoms with Crippen LogP contribution in [0.4, 0.5) is 14.5 Å². The highest BCUT2D eigenvalue weighted by atomic mass is 32.2. The molecule has 1 aliphatic heterocycles. The zero-order valence-corrected chi connectivity index (χ0v) is 16.5. The summed E-state index contributed by atoms with van der Waals surface area (Å²) in [6, 6.07) is 11.8. The van der Waals surface area contributed by atoms with Crippen molar-refractivity contribution < 1.29 is 26.8 Å². The molecule has 1 saturated heterocycles. The Balaban J connectivity index is 1.63. The number of Topliss-reactive ketones (excluding diaryl/α,β-unsaturated/α-hetero) is 1. The van der Waals surface area contributed by atoms with Gasteiger partial charge in [0.05, 0.1) is 4.90 Å². The molecule has 1 amide bonds. The Bertz CT molecular complexity index is 998. The monoisotopic (exact) mass is 422 g/mol. The number of rotatable bonds is 5. The van der Waals surface area contributed by atoms with Crippen molar-refractivity contribution in [2.24, 2.45) is 0 Å². The van der Waals surface area contributed by atoms with E-state index in [-0.39, 0.29) is 17.3 Å². The molecule has 1 heterocycles. The maximum atomic E-state index is 12.6. The van der Waals surface area contributed by atoms with Gasteiger partial charge in [0.25, 0.3) is 5.91 Å². The fourth-order valence-electron chi connectivity index (χ4n) is 3.15. The molecule has 0 spiro atoms. The minimum absolute atomic E-state index is 0.000616. The first-order valence-corrected chi connectivity index (χ1v) is 10.5. The molecule has 3 rings (SSSR count). The summed E-state index contributed by atoms with van der Waals surface area (Å²) in [6.45, 7) is 3.63. The van der Waals surface area contributed by atoms with Crippen LogP contribution >= 0.6 is 0 Å². The number of carbonyl (C=O) groups is 2. The first-order valence-electron chi connectivity index (χ1n) is 8.97. The van der Waals surface area contributed by atoms with E-state index in [0.717, 1.165) is 17.8 Å². The van der Waals surface area contributed by atoms with E-state index in [0.29, 0.717) is 31.7 Å². The number of nitrogens with zero attached hydrogens (tertiary/aromatic N) is 2. The average molecular weight is 422 g/mol. The van der Waals surface area contributed by atoms with Crippen molar-refractivity contribution in [2.45, 2.75) is 17.6 Å². The molecule has 29 heavy (non-hydrogen) atoms. The van der Waals surface area contributed by atoms with E-state index in [1.807, 2.05) is 12.1 Å². The minimum atomic E-state index is -4.68. The molecule has 154 valence electrons. The van der Waals surface area contributed by atoms with Crippen molar-refractivity contribution in [3.8, 4) is 0 Å². The van der Waals surface area contributed by atoms with Crippen molar-refractivity contribution in [3.05, 3.63) is 59.7 Å². The number of ketones is 1. The lowest BCUT2D eigenvalue weighted by Gasteiger charge is -2.36. The van der Waals surface area contributed by atoms with Crippen LogP contribution in [0.15, 0.2) is 53.4 Å². The number of anilines is 1. The topological polar surface area (TPSA) is 74.8 Å². The number of alkyl halides is 2. The lowest BCUT2D eigenvalue weighted by atomic mass is 10.1. The lowest BCUT2D eigenvalue weighted by molar-refractivity contribution is 0.0746. The van der Waals surface area contributed by atoms with Crippen molar-refractivity contribution in [1.29, 1.82) is 0 Å². The molecule has 0 bridgehead atoms. The van der Waals surface area contributed by atoms with E-state index in [1.54, 1.807) is 17.0 Å². The SMILES string of the molecule is CC(=O)c1ccc(N2CCN(C(=O)c3ccc(S(=O)(=O)C(F)F)cc3)CC2)cc1. The molecular formula is C20H20F2N2O4S. The fourth-order valence-corrected chi connectivity index (χ4v) is 3.87. The van der Waals surface area contributed by atoms with Gasteiger partial charge in [0.1, 0.15) is 0 Å². The predicted molar refractivity (Wildman–Crippen MR) is 104 cm³/mol. The maximum Gasteiger partial charge on any atom is 0.341 e. The van der Waals surface area contributed by atoms with Crippen molar-refractivity contribution in [2.75, 3.05) is 31.1 Å². The van der Waals surface area contributed by atoms with Crippen LogP contribution in [0.2, 0.25) is 0 Å². The molecule has 2 aromatic carbocycles. The van der Waals surface area contributed by atoms with Crippen LogP contribution in [0.25, 0.3) is 0 Å². The van der Waals surface area contributed by atoms with E-state index < -0.39 is 20.5 Å². The van der Waals surface area contributed by atoms with Crippen LogP contribution in [0.1, 0.15) is 27.6 Å². The molecule has 0 N–H and O–H groups in total. The summed E-state index contributed by atoms with van der Waals surface area (Å²) < 4.78 is 48.2. The van der Waals surface area contributed by atoms with Crippen LogP contribution < -0.4 is 4.90 Å². The summed E-state index contributed by atoms with van der Waals surface area (Å²) in [5, 5.41) is 0. The molecule has 1 aliphatic rings. The summed E-state index contributed by atoms with van der Waals surface area (Å²) in [7, 11) is -4.68. The third-order valence-electron chi connectivity index (χ3n) is 4.87. The Hall–Kier alpha value is -2.81. The molecule has 0 radical (unpaired) electrons. The van der Waals surface area contributed by atoms with E-state index in [2.05, 4.69) is 4.90 Å². The lowest BCUT2D eigenvalue weighted by Crippen LogP contribution is -2.48. The Morgan fingerprint density at radius 2 is 1.38 bits per heavy atom. The predicted octanol–water partition coefficient (Wildman–Crippen LogP) is 2.85. The molecule has 0 unspecified atom stereocenters. The molecule has 0 atom stereocenters. The van der Waals surface area contributed by atoms with E-state index in [4.69, 9.17) is 0 Å². The van der Waals surface area contributed by atoms with Crippen LogP contribution in [-0.2, 0) is 9.84 Å². The van der Waals surface area contributed by atoms with Crippen LogP contribution in [0.3, 0.4) is 0 Å². The van der Waals surface area contributed by atoms with Gasteiger partial charge in [-0.2, -0.15) is 8.78 Å². The first-order chi connectivity index (χ1) is 13.7. The molecule has 2 aromatic rings. The summed E-state index contributed by atoms with van der Waals surface area (Å²) in [5.74, 6) is -3.78. The van der Waals surface area contributed by atoms with Gasteiger partial charge in [-0.15, -0.1) is 0 Å². The Morgan fingerprint density at radius 3 is 1.86 bits per heavy atom. The Kier molecular flexibility index (Phi) is 5.97. The number of hydrogen-bond acceptors (Lipinski definition) is 5. The Morgan fingerprint density at radius 1 is 0.862 bits per heavy atom. The van der Waals surface area contributed by atoms with Gasteiger partial charge in [-0.05, 0) is 55.5 Å². The summed E-state index contributed by atoms with van der Waals surface area (Å²) in [5.41, 5.74) is 1.85. The third-order valence-corrected chi connectivity index (χ3v) is 6.27. The van der Waals surface area contributed by atoms with Crippen LogP contribution in [0.5, 0.6) is 0 Å². The van der Waals surface area contributed by atoms with Gasteiger partial charge in [0, 0.05) is 43.0 Å². The number of sulfone groups is 1. The second kappa shape index (κ2) is 8.28.